The van der Waals surface area contributed by atoms with Crippen LogP contribution in [0.2, 0.25) is 0 Å². The summed E-state index contributed by atoms with van der Waals surface area (Å²) >= 11 is 0. The van der Waals surface area contributed by atoms with Crippen LogP contribution in [-0.2, 0) is 24.3 Å². The lowest BCUT2D eigenvalue weighted by Gasteiger charge is -2.08. The van der Waals surface area contributed by atoms with E-state index in [1.54, 1.807) is 12.5 Å². The molecule has 0 fully saturated rings. The summed E-state index contributed by atoms with van der Waals surface area (Å²) in [6, 6.07) is 17.4. The standard InChI is InChI=1S/C19H19N3O2/c23-19(24-14-17-4-2-1-3-5-17)21-18-8-6-16(7-9-18)10-12-22-13-11-20-15-22/h1-9,11,13,15H,10,12,14H2,(H,21,23). The molecule has 5 nitrogen and oxygen atoms in total. The fraction of sp³-hybridized carbons (Fsp3) is 0.158. The number of nitrogens with one attached hydrogen (secondary N) is 1. The first-order valence-corrected chi connectivity index (χ1v) is 7.82. The summed E-state index contributed by atoms with van der Waals surface area (Å²) in [6.07, 6.45) is 5.98. The number of hydrogen-bond acceptors (Lipinski definition) is 3. The Bertz CT molecular complexity index is 753. The minimum absolute atomic E-state index is 0.260. The molecule has 1 aromatic heterocycles. The maximum Gasteiger partial charge on any atom is 0.411 e. The van der Waals surface area contributed by atoms with Crippen molar-refractivity contribution in [3.63, 3.8) is 0 Å². The molecule has 122 valence electrons. The van der Waals surface area contributed by atoms with Crippen molar-refractivity contribution >= 4 is 11.8 Å². The molecule has 2 aromatic carbocycles. The molecule has 3 aromatic rings. The molecule has 0 aliphatic heterocycles. The number of imidazole rings is 1. The van der Waals surface area contributed by atoms with Gasteiger partial charge in [-0.05, 0) is 29.7 Å². The molecule has 0 radical (unpaired) electrons. The molecule has 0 spiro atoms. The molecule has 0 aliphatic carbocycles. The normalized spacial score (nSPS) is 10.3. The second-order valence-corrected chi connectivity index (χ2v) is 5.43. The minimum atomic E-state index is -0.454. The summed E-state index contributed by atoms with van der Waals surface area (Å²) in [5, 5.41) is 2.73. The quantitative estimate of drug-likeness (QED) is 0.749. The van der Waals surface area contributed by atoms with Crippen molar-refractivity contribution in [1.29, 1.82) is 0 Å². The zero-order valence-electron chi connectivity index (χ0n) is 13.3. The predicted octanol–water partition coefficient (Wildman–Crippen LogP) is 3.87. The van der Waals surface area contributed by atoms with E-state index in [1.807, 2.05) is 65.4 Å². The van der Waals surface area contributed by atoms with Crippen LogP contribution in [0.25, 0.3) is 0 Å². The van der Waals surface area contributed by atoms with Gasteiger partial charge in [-0.3, -0.25) is 5.32 Å². The van der Waals surface area contributed by atoms with Gasteiger partial charge in [0, 0.05) is 24.6 Å². The van der Waals surface area contributed by atoms with Crippen LogP contribution in [0.3, 0.4) is 0 Å². The van der Waals surface area contributed by atoms with E-state index in [0.29, 0.717) is 0 Å². The zero-order valence-corrected chi connectivity index (χ0v) is 13.3. The van der Waals surface area contributed by atoms with Gasteiger partial charge in [0.15, 0.2) is 0 Å². The summed E-state index contributed by atoms with van der Waals surface area (Å²) in [5.41, 5.74) is 2.88. The highest BCUT2D eigenvalue weighted by molar-refractivity contribution is 5.84. The number of aryl methyl sites for hydroxylation is 2. The Hall–Kier alpha value is -3.08. The van der Waals surface area contributed by atoms with Crippen LogP contribution in [0.4, 0.5) is 10.5 Å². The molecule has 0 bridgehead atoms. The lowest BCUT2D eigenvalue weighted by atomic mass is 10.1. The zero-order chi connectivity index (χ0) is 16.6. The topological polar surface area (TPSA) is 56.2 Å². The van der Waals surface area contributed by atoms with E-state index in [0.717, 1.165) is 24.2 Å². The van der Waals surface area contributed by atoms with E-state index >= 15 is 0 Å². The van der Waals surface area contributed by atoms with E-state index in [1.165, 1.54) is 5.56 Å². The molecular weight excluding hydrogens is 302 g/mol. The number of carbonyl (C=O) groups is 1. The molecule has 1 N–H and O–H groups in total. The van der Waals surface area contributed by atoms with Gasteiger partial charge in [-0.1, -0.05) is 42.5 Å². The number of benzene rings is 2. The van der Waals surface area contributed by atoms with Crippen LogP contribution in [0.15, 0.2) is 73.3 Å². The Morgan fingerprint density at radius 1 is 1.04 bits per heavy atom. The summed E-state index contributed by atoms with van der Waals surface area (Å²) in [7, 11) is 0. The van der Waals surface area contributed by atoms with Gasteiger partial charge in [0.05, 0.1) is 6.33 Å². The Balaban J connectivity index is 1.45. The largest absolute Gasteiger partial charge is 0.444 e. The number of nitrogens with zero attached hydrogens (tertiary/aromatic N) is 2. The predicted molar refractivity (Wildman–Crippen MR) is 92.6 cm³/mol. The monoisotopic (exact) mass is 321 g/mol. The maximum atomic E-state index is 11.8. The average molecular weight is 321 g/mol. The lowest BCUT2D eigenvalue weighted by molar-refractivity contribution is 0.155. The third kappa shape index (κ3) is 4.71. The first kappa shape index (κ1) is 15.8. The molecule has 0 saturated carbocycles. The van der Waals surface area contributed by atoms with Crippen LogP contribution >= 0.6 is 0 Å². The highest BCUT2D eigenvalue weighted by Crippen LogP contribution is 2.11. The van der Waals surface area contributed by atoms with Crippen LogP contribution in [0.1, 0.15) is 11.1 Å². The van der Waals surface area contributed by atoms with E-state index in [2.05, 4.69) is 10.3 Å². The van der Waals surface area contributed by atoms with Crippen molar-refractivity contribution in [2.45, 2.75) is 19.6 Å². The van der Waals surface area contributed by atoms with E-state index in [9.17, 15) is 4.79 Å². The number of aromatic nitrogens is 2. The second-order valence-electron chi connectivity index (χ2n) is 5.43. The smallest absolute Gasteiger partial charge is 0.411 e. The number of amides is 1. The highest BCUT2D eigenvalue weighted by Gasteiger charge is 2.04. The Labute approximate surface area is 140 Å². The molecule has 0 unspecified atom stereocenters. The fourth-order valence-corrected chi connectivity index (χ4v) is 2.31. The lowest BCUT2D eigenvalue weighted by Crippen LogP contribution is -2.13. The van der Waals surface area contributed by atoms with Gasteiger partial charge < -0.3 is 9.30 Å². The number of carbonyl (C=O) groups excluding carboxylic acids is 1. The van der Waals surface area contributed by atoms with Crippen molar-refractivity contribution in [2.75, 3.05) is 5.32 Å². The van der Waals surface area contributed by atoms with Crippen LogP contribution in [0, 0.1) is 0 Å². The first-order valence-electron chi connectivity index (χ1n) is 7.82. The molecule has 0 atom stereocenters. The highest BCUT2D eigenvalue weighted by atomic mass is 16.5. The van der Waals surface area contributed by atoms with Crippen molar-refractivity contribution in [2.24, 2.45) is 0 Å². The third-order valence-electron chi connectivity index (χ3n) is 3.63. The van der Waals surface area contributed by atoms with E-state index in [-0.39, 0.29) is 6.61 Å². The van der Waals surface area contributed by atoms with Gasteiger partial charge in [0.1, 0.15) is 6.61 Å². The fourth-order valence-electron chi connectivity index (χ4n) is 2.31. The molecular formula is C19H19N3O2. The number of hydrogen-bond donors (Lipinski definition) is 1. The van der Waals surface area contributed by atoms with Gasteiger partial charge in [-0.2, -0.15) is 0 Å². The Morgan fingerprint density at radius 2 is 1.83 bits per heavy atom. The van der Waals surface area contributed by atoms with Gasteiger partial charge in [-0.25, -0.2) is 9.78 Å². The van der Waals surface area contributed by atoms with Crippen LogP contribution < -0.4 is 5.32 Å². The Morgan fingerprint density at radius 3 is 2.54 bits per heavy atom. The summed E-state index contributed by atoms with van der Waals surface area (Å²) in [6.45, 7) is 1.14. The third-order valence-corrected chi connectivity index (χ3v) is 3.63. The number of anilines is 1. The minimum Gasteiger partial charge on any atom is -0.444 e. The molecule has 0 aliphatic rings. The molecule has 1 heterocycles. The van der Waals surface area contributed by atoms with Gasteiger partial charge in [0.25, 0.3) is 0 Å². The molecule has 3 rings (SSSR count). The van der Waals surface area contributed by atoms with Gasteiger partial charge in [-0.15, -0.1) is 0 Å². The summed E-state index contributed by atoms with van der Waals surface area (Å²) < 4.78 is 7.23. The van der Waals surface area contributed by atoms with Crippen molar-refractivity contribution in [3.8, 4) is 0 Å². The maximum absolute atomic E-state index is 11.8. The average Bonchev–Trinajstić information content (AvgIpc) is 3.14. The van der Waals surface area contributed by atoms with Crippen LogP contribution in [0.5, 0.6) is 0 Å². The van der Waals surface area contributed by atoms with Gasteiger partial charge >= 0.3 is 6.09 Å². The number of rotatable bonds is 6. The van der Waals surface area contributed by atoms with Crippen molar-refractivity contribution in [3.05, 3.63) is 84.4 Å². The molecule has 24 heavy (non-hydrogen) atoms. The van der Waals surface area contributed by atoms with E-state index < -0.39 is 6.09 Å². The first-order chi connectivity index (χ1) is 11.8. The van der Waals surface area contributed by atoms with Crippen molar-refractivity contribution < 1.29 is 9.53 Å². The van der Waals surface area contributed by atoms with Crippen molar-refractivity contribution in [1.82, 2.24) is 9.55 Å². The summed E-state index contributed by atoms with van der Waals surface area (Å²) in [4.78, 5) is 15.8. The molecule has 5 heteroatoms. The number of ether oxygens (including phenoxy) is 1. The van der Waals surface area contributed by atoms with Gasteiger partial charge in [0.2, 0.25) is 0 Å². The Kier molecular flexibility index (Phi) is 5.24. The SMILES string of the molecule is O=C(Nc1ccc(CCn2ccnc2)cc1)OCc1ccccc1. The summed E-state index contributed by atoms with van der Waals surface area (Å²) in [5.74, 6) is 0. The molecule has 0 saturated heterocycles. The van der Waals surface area contributed by atoms with Crippen LogP contribution in [-0.4, -0.2) is 15.6 Å². The second kappa shape index (κ2) is 7.97. The molecule has 1 amide bonds. The van der Waals surface area contributed by atoms with E-state index in [4.69, 9.17) is 4.74 Å².